The number of carbonyl (C=O) groups excluding carboxylic acids is 1. The monoisotopic (exact) mass is 585 g/mol. The van der Waals surface area contributed by atoms with Crippen LogP contribution in [-0.4, -0.2) is 80.4 Å². The van der Waals surface area contributed by atoms with Crippen molar-refractivity contribution in [2.24, 2.45) is 5.92 Å². The Labute approximate surface area is 253 Å². The molecule has 1 atom stereocenters. The summed E-state index contributed by atoms with van der Waals surface area (Å²) in [5.41, 5.74) is 4.10. The van der Waals surface area contributed by atoms with Crippen molar-refractivity contribution in [3.63, 3.8) is 0 Å². The first-order valence-corrected chi connectivity index (χ1v) is 15.9. The van der Waals surface area contributed by atoms with E-state index >= 15 is 0 Å². The molecule has 0 aromatic carbocycles. The summed E-state index contributed by atoms with van der Waals surface area (Å²) in [4.78, 5) is 27.0. The summed E-state index contributed by atoms with van der Waals surface area (Å²) >= 11 is 0. The molecule has 0 unspecified atom stereocenters. The van der Waals surface area contributed by atoms with Crippen molar-refractivity contribution >= 4 is 11.8 Å². The number of anilines is 1. The van der Waals surface area contributed by atoms with Crippen LogP contribution in [0.5, 0.6) is 0 Å². The highest BCUT2D eigenvalue weighted by Gasteiger charge is 2.45. The second kappa shape index (κ2) is 11.2. The van der Waals surface area contributed by atoms with Crippen LogP contribution in [0.1, 0.15) is 82.9 Å². The Hall–Kier alpha value is -3.53. The van der Waals surface area contributed by atoms with Crippen LogP contribution in [0, 0.1) is 5.92 Å². The molecule has 10 heteroatoms. The van der Waals surface area contributed by atoms with Gasteiger partial charge in [0.05, 0.1) is 43.0 Å². The average Bonchev–Trinajstić information content (AvgIpc) is 3.63. The van der Waals surface area contributed by atoms with Gasteiger partial charge in [-0.15, -0.1) is 5.10 Å². The van der Waals surface area contributed by atoms with Gasteiger partial charge in [0.1, 0.15) is 11.3 Å². The van der Waals surface area contributed by atoms with Gasteiger partial charge < -0.3 is 19.3 Å². The van der Waals surface area contributed by atoms with Crippen LogP contribution in [0.2, 0.25) is 0 Å². The van der Waals surface area contributed by atoms with Gasteiger partial charge in [-0.1, -0.05) is 11.6 Å². The van der Waals surface area contributed by atoms with Crippen molar-refractivity contribution in [2.75, 3.05) is 37.7 Å². The Morgan fingerprint density at radius 3 is 2.58 bits per heavy atom. The van der Waals surface area contributed by atoms with Gasteiger partial charge in [0.2, 0.25) is 0 Å². The zero-order valence-electron chi connectivity index (χ0n) is 25.6. The molecule has 0 spiro atoms. The van der Waals surface area contributed by atoms with E-state index in [4.69, 9.17) is 14.5 Å². The highest BCUT2D eigenvalue weighted by atomic mass is 16.6. The molecule has 2 saturated heterocycles. The first-order chi connectivity index (χ1) is 20.8. The Balaban J connectivity index is 1.07. The van der Waals surface area contributed by atoms with Crippen molar-refractivity contribution in [1.82, 2.24) is 29.9 Å². The molecular formula is C33H43N7O3. The molecular weight excluding hydrogens is 542 g/mol. The molecule has 1 amide bonds. The third kappa shape index (κ3) is 5.86. The molecule has 7 rings (SSSR count). The molecule has 0 bridgehead atoms. The molecule has 3 aromatic rings. The summed E-state index contributed by atoms with van der Waals surface area (Å²) < 4.78 is 13.4. The maximum absolute atomic E-state index is 13.2. The lowest BCUT2D eigenvalue weighted by atomic mass is 9.80. The molecule has 2 saturated carbocycles. The van der Waals surface area contributed by atoms with Crippen LogP contribution in [0.4, 0.5) is 10.5 Å². The molecule has 2 aliphatic carbocycles. The number of aromatic nitrogens is 5. The molecule has 0 radical (unpaired) electrons. The van der Waals surface area contributed by atoms with Crippen LogP contribution < -0.4 is 4.90 Å². The number of nitrogens with zero attached hydrogens (tertiary/aromatic N) is 7. The minimum absolute atomic E-state index is 0.126. The molecule has 4 aliphatic rings. The number of rotatable bonds is 8. The predicted octanol–water partition coefficient (Wildman–Crippen LogP) is 5.39. The van der Waals surface area contributed by atoms with Crippen LogP contribution in [0.25, 0.3) is 11.3 Å². The van der Waals surface area contributed by atoms with E-state index in [0.29, 0.717) is 25.0 Å². The van der Waals surface area contributed by atoms with Gasteiger partial charge in [0.25, 0.3) is 0 Å². The summed E-state index contributed by atoms with van der Waals surface area (Å²) in [6, 6.07) is 6.58. The smallest absolute Gasteiger partial charge is 0.410 e. The minimum atomic E-state index is -0.504. The second-order valence-electron chi connectivity index (χ2n) is 13.9. The topological polar surface area (TPSA) is 98.5 Å². The third-order valence-electron chi connectivity index (χ3n) is 9.45. The van der Waals surface area contributed by atoms with Gasteiger partial charge in [0, 0.05) is 37.6 Å². The van der Waals surface area contributed by atoms with Gasteiger partial charge in [-0.05, 0) is 94.9 Å². The molecule has 3 aromatic heterocycles. The maximum Gasteiger partial charge on any atom is 0.410 e. The molecule has 0 N–H and O–H groups in total. The van der Waals surface area contributed by atoms with E-state index in [0.717, 1.165) is 55.1 Å². The molecule has 228 valence electrons. The average molecular weight is 586 g/mol. The van der Waals surface area contributed by atoms with Gasteiger partial charge in [-0.25, -0.2) is 9.48 Å². The highest BCUT2D eigenvalue weighted by Crippen LogP contribution is 2.38. The zero-order valence-corrected chi connectivity index (χ0v) is 25.6. The Morgan fingerprint density at radius 1 is 1.09 bits per heavy atom. The fourth-order valence-electron chi connectivity index (χ4n) is 6.42. The van der Waals surface area contributed by atoms with E-state index in [1.165, 1.54) is 37.7 Å². The number of carbonyl (C=O) groups is 1. The van der Waals surface area contributed by atoms with Crippen LogP contribution in [0.3, 0.4) is 0 Å². The Kier molecular flexibility index (Phi) is 7.35. The summed E-state index contributed by atoms with van der Waals surface area (Å²) in [5.74, 6) is 1.22. The van der Waals surface area contributed by atoms with E-state index in [1.54, 1.807) is 0 Å². The third-order valence-corrected chi connectivity index (χ3v) is 9.45. The van der Waals surface area contributed by atoms with Gasteiger partial charge >= 0.3 is 6.09 Å². The quantitative estimate of drug-likeness (QED) is 0.347. The minimum Gasteiger partial charge on any atom is -0.444 e. The Morgan fingerprint density at radius 2 is 1.93 bits per heavy atom. The van der Waals surface area contributed by atoms with E-state index in [2.05, 4.69) is 38.4 Å². The first kappa shape index (κ1) is 28.3. The molecule has 43 heavy (non-hydrogen) atoms. The fraction of sp³-hybridized carbons (Fsp3) is 0.606. The van der Waals surface area contributed by atoms with Crippen molar-refractivity contribution in [3.05, 3.63) is 54.2 Å². The lowest BCUT2D eigenvalue weighted by molar-refractivity contribution is -0.0851. The van der Waals surface area contributed by atoms with Crippen molar-refractivity contribution in [3.8, 4) is 11.3 Å². The van der Waals surface area contributed by atoms with Crippen molar-refractivity contribution < 1.29 is 14.3 Å². The van der Waals surface area contributed by atoms with Crippen LogP contribution in [-0.2, 0) is 15.0 Å². The van der Waals surface area contributed by atoms with E-state index in [-0.39, 0.29) is 12.1 Å². The molecule has 5 heterocycles. The lowest BCUT2D eigenvalue weighted by Crippen LogP contribution is -2.53. The lowest BCUT2D eigenvalue weighted by Gasteiger charge is -2.42. The second-order valence-corrected chi connectivity index (χ2v) is 13.9. The molecule has 10 nitrogen and oxygen atoms in total. The van der Waals surface area contributed by atoms with Crippen molar-refractivity contribution in [1.29, 1.82) is 0 Å². The van der Waals surface area contributed by atoms with E-state index < -0.39 is 11.1 Å². The van der Waals surface area contributed by atoms with Gasteiger partial charge in [-0.2, -0.15) is 0 Å². The van der Waals surface area contributed by atoms with Crippen LogP contribution >= 0.6 is 0 Å². The summed E-state index contributed by atoms with van der Waals surface area (Å²) in [5, 5.41) is 9.06. The number of hydrogen-bond acceptors (Lipinski definition) is 8. The fourth-order valence-corrected chi connectivity index (χ4v) is 6.42. The molecule has 2 aliphatic heterocycles. The zero-order chi connectivity index (χ0) is 29.6. The SMILES string of the molecule is CC(C)(C)OC(=O)N(CC1CC1)[C@@H]1CCCN(c2ccc(C3(n4cc(-c5cncc(C6CCC6)c5)nn4)COC3)nc2)C1. The highest BCUT2D eigenvalue weighted by molar-refractivity contribution is 5.69. The van der Waals surface area contributed by atoms with Gasteiger partial charge in [-0.3, -0.25) is 9.97 Å². The van der Waals surface area contributed by atoms with Gasteiger partial charge in [0.15, 0.2) is 5.54 Å². The normalized spacial score (nSPS) is 22.0. The summed E-state index contributed by atoms with van der Waals surface area (Å²) in [7, 11) is 0. The number of pyridine rings is 2. The van der Waals surface area contributed by atoms with E-state index in [1.807, 2.05) is 55.1 Å². The van der Waals surface area contributed by atoms with E-state index in [9.17, 15) is 4.79 Å². The number of amides is 1. The maximum atomic E-state index is 13.2. The first-order valence-electron chi connectivity index (χ1n) is 15.9. The number of piperidine rings is 1. The molecule has 4 fully saturated rings. The largest absolute Gasteiger partial charge is 0.444 e. The van der Waals surface area contributed by atoms with Crippen LogP contribution in [0.15, 0.2) is 43.0 Å². The number of ether oxygens (including phenoxy) is 2. The van der Waals surface area contributed by atoms with Crippen molar-refractivity contribution in [2.45, 2.75) is 88.8 Å². The number of hydrogen-bond donors (Lipinski definition) is 0. The summed E-state index contributed by atoms with van der Waals surface area (Å²) in [6.45, 7) is 9.32. The standard InChI is InChI=1S/C33H43N7O3/c1-32(2,3)43-31(41)39(18-23-9-10-23)28-8-5-13-38(19-28)27-11-12-30(35-17-27)33(21-42-22-33)40-20-29(36-37-40)26-14-25(15-34-16-26)24-6-4-7-24/h11-12,14-17,20,23-24,28H,4-10,13,18-19,21-22H2,1-3H3/t28-/m1/s1. The summed E-state index contributed by atoms with van der Waals surface area (Å²) in [6.07, 6.45) is 15.8. The Bertz CT molecular complexity index is 1440. The predicted molar refractivity (Wildman–Crippen MR) is 163 cm³/mol.